The molecule has 4 rings (SSSR count). The third-order valence-corrected chi connectivity index (χ3v) is 10.2. The molecule has 1 aromatic carbocycles. The second kappa shape index (κ2) is 15.1. The number of benzene rings is 1. The maximum absolute atomic E-state index is 13.7. The molecule has 2 aliphatic heterocycles. The quantitative estimate of drug-likeness (QED) is 0.370. The van der Waals surface area contributed by atoms with Crippen LogP contribution < -0.4 is 5.32 Å². The molecule has 0 atom stereocenters. The molecule has 236 valence electrons. The molecule has 1 aromatic heterocycles. The number of anilines is 1. The highest BCUT2D eigenvalue weighted by Crippen LogP contribution is 2.38. The lowest BCUT2D eigenvalue weighted by atomic mass is 10.0. The predicted molar refractivity (Wildman–Crippen MR) is 159 cm³/mol. The van der Waals surface area contributed by atoms with E-state index in [0.29, 0.717) is 49.8 Å². The van der Waals surface area contributed by atoms with Crippen LogP contribution in [-0.4, -0.2) is 120 Å². The Bertz CT molecular complexity index is 1380. The Kier molecular flexibility index (Phi) is 11.5. The standard InChI is InChI=1S/C28H38N4O9S2/c1-4-41-28(35)31-10-9-22-23(19-31)42-26(24(22)27(34)30-11-17-40-18-12-30)29-25(33)20-5-7-21(8-6-20)43(36,37)32(13-15-38-2)14-16-39-3/h5-8H,4,9-19H2,1-3H3,(H,29,33). The molecule has 2 aliphatic rings. The van der Waals surface area contributed by atoms with Crippen molar-refractivity contribution in [1.82, 2.24) is 14.1 Å². The molecule has 0 saturated carbocycles. The lowest BCUT2D eigenvalue weighted by Crippen LogP contribution is -2.41. The molecule has 0 spiro atoms. The van der Waals surface area contributed by atoms with Crippen LogP contribution in [0.1, 0.15) is 38.1 Å². The van der Waals surface area contributed by atoms with Crippen LogP contribution in [0.15, 0.2) is 29.2 Å². The van der Waals surface area contributed by atoms with Gasteiger partial charge in [-0.1, -0.05) is 0 Å². The molecule has 0 aliphatic carbocycles. The van der Waals surface area contributed by atoms with Crippen LogP contribution in [0, 0.1) is 0 Å². The van der Waals surface area contributed by atoms with Crippen molar-refractivity contribution in [2.24, 2.45) is 0 Å². The van der Waals surface area contributed by atoms with E-state index in [1.165, 1.54) is 54.1 Å². The monoisotopic (exact) mass is 638 g/mol. The summed E-state index contributed by atoms with van der Waals surface area (Å²) in [6, 6.07) is 5.64. The van der Waals surface area contributed by atoms with Crippen LogP contribution in [0.5, 0.6) is 0 Å². The van der Waals surface area contributed by atoms with Crippen LogP contribution in [0.4, 0.5) is 9.80 Å². The number of fused-ring (bicyclic) bond motifs is 1. The number of morpholine rings is 1. The molecule has 0 radical (unpaired) electrons. The summed E-state index contributed by atoms with van der Waals surface area (Å²) < 4.78 is 48.4. The number of ether oxygens (including phenoxy) is 4. The van der Waals surface area contributed by atoms with Gasteiger partial charge in [0.2, 0.25) is 10.0 Å². The van der Waals surface area contributed by atoms with Crippen LogP contribution in [-0.2, 0) is 41.9 Å². The number of hydrogen-bond donors (Lipinski definition) is 1. The van der Waals surface area contributed by atoms with E-state index in [0.717, 1.165) is 10.4 Å². The van der Waals surface area contributed by atoms with Gasteiger partial charge in [-0.05, 0) is 43.2 Å². The molecule has 3 amide bonds. The second-order valence-electron chi connectivity index (χ2n) is 9.85. The summed E-state index contributed by atoms with van der Waals surface area (Å²) in [5.74, 6) is -0.689. The summed E-state index contributed by atoms with van der Waals surface area (Å²) in [6.07, 6.45) is 0.0208. The highest BCUT2D eigenvalue weighted by atomic mass is 32.2. The molecule has 3 heterocycles. The number of amides is 3. The Morgan fingerprint density at radius 3 is 2.26 bits per heavy atom. The fourth-order valence-corrected chi connectivity index (χ4v) is 7.51. The smallest absolute Gasteiger partial charge is 0.410 e. The SMILES string of the molecule is CCOC(=O)N1CCc2c(sc(NC(=O)c3ccc(S(=O)(=O)N(CCOC)CCOC)cc3)c2C(=O)N2CCOCC2)C1. The molecular weight excluding hydrogens is 600 g/mol. The van der Waals surface area contributed by atoms with Crippen LogP contribution >= 0.6 is 11.3 Å². The summed E-state index contributed by atoms with van der Waals surface area (Å²) in [4.78, 5) is 43.6. The minimum absolute atomic E-state index is 0.0325. The lowest BCUT2D eigenvalue weighted by Gasteiger charge is -2.29. The Labute approximate surface area is 255 Å². The van der Waals surface area contributed by atoms with E-state index in [2.05, 4.69) is 5.32 Å². The van der Waals surface area contributed by atoms with Gasteiger partial charge in [0.1, 0.15) is 5.00 Å². The van der Waals surface area contributed by atoms with E-state index in [1.54, 1.807) is 16.7 Å². The van der Waals surface area contributed by atoms with Crippen LogP contribution in [0.3, 0.4) is 0 Å². The fraction of sp³-hybridized carbons (Fsp3) is 0.536. The fourth-order valence-electron chi connectivity index (χ4n) is 4.85. The van der Waals surface area contributed by atoms with E-state index in [4.69, 9.17) is 18.9 Å². The average Bonchev–Trinajstić information content (AvgIpc) is 3.38. The van der Waals surface area contributed by atoms with Gasteiger partial charge in [-0.15, -0.1) is 11.3 Å². The van der Waals surface area contributed by atoms with Crippen molar-refractivity contribution in [3.63, 3.8) is 0 Å². The maximum atomic E-state index is 13.7. The molecule has 13 nitrogen and oxygen atoms in total. The zero-order valence-corrected chi connectivity index (χ0v) is 26.3. The van der Waals surface area contributed by atoms with Crippen LogP contribution in [0.25, 0.3) is 0 Å². The first-order valence-electron chi connectivity index (χ1n) is 14.0. The summed E-state index contributed by atoms with van der Waals surface area (Å²) >= 11 is 1.26. The largest absolute Gasteiger partial charge is 0.450 e. The molecule has 1 fully saturated rings. The van der Waals surface area contributed by atoms with E-state index in [-0.39, 0.29) is 55.8 Å². The highest BCUT2D eigenvalue weighted by Gasteiger charge is 2.33. The minimum Gasteiger partial charge on any atom is -0.450 e. The zero-order chi connectivity index (χ0) is 31.0. The first-order valence-corrected chi connectivity index (χ1v) is 16.3. The van der Waals surface area contributed by atoms with E-state index in [1.807, 2.05) is 0 Å². The van der Waals surface area contributed by atoms with Crippen molar-refractivity contribution >= 4 is 44.3 Å². The number of rotatable bonds is 12. The topological polar surface area (TPSA) is 144 Å². The third-order valence-electron chi connectivity index (χ3n) is 7.17. The van der Waals surface area contributed by atoms with Gasteiger partial charge in [-0.2, -0.15) is 4.31 Å². The van der Waals surface area contributed by atoms with Gasteiger partial charge in [-0.25, -0.2) is 13.2 Å². The van der Waals surface area contributed by atoms with Gasteiger partial charge >= 0.3 is 6.09 Å². The predicted octanol–water partition coefficient (Wildman–Crippen LogP) is 2.27. The van der Waals surface area contributed by atoms with E-state index < -0.39 is 22.0 Å². The summed E-state index contributed by atoms with van der Waals surface area (Å²) in [6.45, 7) is 5.14. The van der Waals surface area contributed by atoms with Crippen molar-refractivity contribution in [3.05, 3.63) is 45.8 Å². The number of nitrogens with zero attached hydrogens (tertiary/aromatic N) is 3. The summed E-state index contributed by atoms with van der Waals surface area (Å²) in [7, 11) is -0.865. The number of nitrogens with one attached hydrogen (secondary N) is 1. The molecule has 2 aromatic rings. The van der Waals surface area contributed by atoms with Crippen molar-refractivity contribution in [3.8, 4) is 0 Å². The van der Waals surface area contributed by atoms with Crippen molar-refractivity contribution in [2.75, 3.05) is 85.3 Å². The average molecular weight is 639 g/mol. The van der Waals surface area contributed by atoms with Crippen molar-refractivity contribution in [2.45, 2.75) is 24.8 Å². The minimum atomic E-state index is -3.86. The molecule has 1 saturated heterocycles. The summed E-state index contributed by atoms with van der Waals surface area (Å²) in [5.41, 5.74) is 1.46. The van der Waals surface area contributed by atoms with E-state index >= 15 is 0 Å². The second-order valence-corrected chi connectivity index (χ2v) is 12.9. The summed E-state index contributed by atoms with van der Waals surface area (Å²) in [5, 5.41) is 3.27. The Morgan fingerprint density at radius 1 is 1.00 bits per heavy atom. The molecule has 15 heteroatoms. The van der Waals surface area contributed by atoms with Gasteiger partial charge in [0.05, 0.1) is 50.0 Å². The normalized spacial score (nSPS) is 15.3. The zero-order valence-electron chi connectivity index (χ0n) is 24.6. The number of hydrogen-bond acceptors (Lipinski definition) is 10. The van der Waals surface area contributed by atoms with E-state index in [9.17, 15) is 22.8 Å². The Balaban J connectivity index is 1.58. The Hall–Kier alpha value is -3.08. The molecule has 1 N–H and O–H groups in total. The lowest BCUT2D eigenvalue weighted by molar-refractivity contribution is 0.0303. The molecular formula is C28H38N4O9S2. The first-order chi connectivity index (χ1) is 20.7. The van der Waals surface area contributed by atoms with Gasteiger partial charge in [-0.3, -0.25) is 9.59 Å². The first kappa shape index (κ1) is 32.8. The number of carbonyl (C=O) groups excluding carboxylic acids is 3. The van der Waals surface area contributed by atoms with Crippen molar-refractivity contribution < 1.29 is 41.7 Å². The molecule has 43 heavy (non-hydrogen) atoms. The number of thiophene rings is 1. The third kappa shape index (κ3) is 7.72. The highest BCUT2D eigenvalue weighted by molar-refractivity contribution is 7.89. The molecule has 0 bridgehead atoms. The number of methoxy groups -OCH3 is 2. The van der Waals surface area contributed by atoms with Crippen LogP contribution in [0.2, 0.25) is 0 Å². The molecule has 0 unspecified atom stereocenters. The van der Waals surface area contributed by atoms with Gasteiger partial charge < -0.3 is 34.1 Å². The maximum Gasteiger partial charge on any atom is 0.410 e. The number of carbonyl (C=O) groups is 3. The van der Waals surface area contributed by atoms with Crippen molar-refractivity contribution in [1.29, 1.82) is 0 Å². The number of sulfonamides is 1. The van der Waals surface area contributed by atoms with Gasteiger partial charge in [0.25, 0.3) is 11.8 Å². The van der Waals surface area contributed by atoms with Gasteiger partial charge in [0.15, 0.2) is 0 Å². The Morgan fingerprint density at radius 2 is 1.65 bits per heavy atom. The van der Waals surface area contributed by atoms with Gasteiger partial charge in [0, 0.05) is 57.4 Å².